The number of H-pyrrole nitrogens is 1. The van der Waals surface area contributed by atoms with Gasteiger partial charge in [0, 0.05) is 25.5 Å². The lowest BCUT2D eigenvalue weighted by Gasteiger charge is -2.21. The van der Waals surface area contributed by atoms with E-state index in [2.05, 4.69) is 25.9 Å². The lowest BCUT2D eigenvalue weighted by atomic mass is 9.98. The molecule has 0 amide bonds. The maximum atomic E-state index is 13.8. The van der Waals surface area contributed by atoms with Gasteiger partial charge in [0.05, 0.1) is 19.2 Å². The number of aromatic amines is 1. The molecule has 0 aliphatic rings. The van der Waals surface area contributed by atoms with Gasteiger partial charge in [-0.25, -0.2) is 24.9 Å². The molecule has 0 fully saturated rings. The second-order valence-electron chi connectivity index (χ2n) is 14.9. The number of hydrazine groups is 1. The van der Waals surface area contributed by atoms with Gasteiger partial charge in [0.15, 0.2) is 11.5 Å². The van der Waals surface area contributed by atoms with Crippen molar-refractivity contribution in [2.45, 2.75) is 105 Å². The molecule has 0 saturated carbocycles. The normalized spacial score (nSPS) is 13.2. The smallest absolute Gasteiger partial charge is 0.434 e. The number of imidazole rings is 1. The van der Waals surface area contributed by atoms with Gasteiger partial charge in [0.25, 0.3) is 10.2 Å². The van der Waals surface area contributed by atoms with Gasteiger partial charge in [-0.15, -0.1) is 10.1 Å². The Kier molecular flexibility index (Phi) is 14.3. The Bertz CT molecular complexity index is 1880. The number of nitrogens with one attached hydrogen (secondary N) is 1. The van der Waals surface area contributed by atoms with Crippen molar-refractivity contribution in [1.82, 2.24) is 35.2 Å². The van der Waals surface area contributed by atoms with Gasteiger partial charge in [-0.2, -0.15) is 0 Å². The predicted molar refractivity (Wildman–Crippen MR) is 199 cm³/mol. The highest BCUT2D eigenvalue weighted by Gasteiger charge is 2.34. The molecule has 4 aromatic rings. The summed E-state index contributed by atoms with van der Waals surface area (Å²) < 4.78 is 17.8. The van der Waals surface area contributed by atoms with Gasteiger partial charge in [-0.05, 0) is 86.9 Å². The largest absolute Gasteiger partial charge is 0.511 e. The Morgan fingerprint density at radius 1 is 1.00 bits per heavy atom. The van der Waals surface area contributed by atoms with Gasteiger partial charge in [0.2, 0.25) is 6.29 Å². The van der Waals surface area contributed by atoms with E-state index >= 15 is 0 Å². The SMILES string of the molecule is CCCc1nc(C(C)(C)O)c(C(=O)OC(C)OC(=O)OCCC(C)CCO/N=[N+](\O)N(C)C(C)(C)C)n1Cc1ccc(-c2ccccc2-c2nnn[nH]2)cc1. The van der Waals surface area contributed by atoms with Crippen LogP contribution in [0.1, 0.15) is 102 Å². The highest BCUT2D eigenvalue weighted by atomic mass is 16.8. The average Bonchev–Trinajstić information content (AvgIpc) is 3.79. The minimum absolute atomic E-state index is 0.0594. The van der Waals surface area contributed by atoms with Gasteiger partial charge < -0.3 is 28.7 Å². The van der Waals surface area contributed by atoms with E-state index < -0.39 is 24.0 Å². The molecule has 55 heavy (non-hydrogen) atoms. The molecule has 0 bridgehead atoms. The second-order valence-corrected chi connectivity index (χ2v) is 14.9. The van der Waals surface area contributed by atoms with Crippen molar-refractivity contribution in [3.05, 3.63) is 71.3 Å². The van der Waals surface area contributed by atoms with Crippen LogP contribution in [0.2, 0.25) is 0 Å². The van der Waals surface area contributed by atoms with Crippen molar-refractivity contribution in [3.63, 3.8) is 0 Å². The van der Waals surface area contributed by atoms with E-state index in [1.165, 1.54) is 11.9 Å². The van der Waals surface area contributed by atoms with Gasteiger partial charge >= 0.3 is 12.1 Å². The highest BCUT2D eigenvalue weighted by molar-refractivity contribution is 5.89. The molecule has 0 aliphatic carbocycles. The number of hydrogen-bond acceptors (Lipinski definition) is 12. The van der Waals surface area contributed by atoms with Gasteiger partial charge in [0.1, 0.15) is 23.7 Å². The van der Waals surface area contributed by atoms with Crippen molar-refractivity contribution in [2.75, 3.05) is 20.3 Å². The summed E-state index contributed by atoms with van der Waals surface area (Å²) in [6, 6.07) is 15.7. The topological polar surface area (TPSA) is 202 Å². The van der Waals surface area contributed by atoms with E-state index in [1.807, 2.05) is 83.1 Å². The maximum Gasteiger partial charge on any atom is 0.511 e. The third-order valence-corrected chi connectivity index (χ3v) is 8.86. The zero-order valence-corrected chi connectivity index (χ0v) is 33.1. The molecule has 17 heteroatoms. The Morgan fingerprint density at radius 2 is 1.67 bits per heavy atom. The summed E-state index contributed by atoms with van der Waals surface area (Å²) in [5.74, 6) is 0.447. The van der Waals surface area contributed by atoms with Crippen molar-refractivity contribution >= 4 is 12.1 Å². The second kappa shape index (κ2) is 18.6. The van der Waals surface area contributed by atoms with E-state index in [0.29, 0.717) is 35.9 Å². The summed E-state index contributed by atoms with van der Waals surface area (Å²) in [4.78, 5) is 36.8. The lowest BCUT2D eigenvalue weighted by molar-refractivity contribution is -0.946. The van der Waals surface area contributed by atoms with Crippen LogP contribution in [-0.2, 0) is 37.6 Å². The Morgan fingerprint density at radius 3 is 2.29 bits per heavy atom. The Balaban J connectivity index is 1.38. The number of nitrogens with zero attached hydrogens (tertiary/aromatic N) is 8. The zero-order chi connectivity index (χ0) is 40.3. The van der Waals surface area contributed by atoms with Crippen LogP contribution in [0.5, 0.6) is 0 Å². The quantitative estimate of drug-likeness (QED) is 0.0249. The van der Waals surface area contributed by atoms with Crippen LogP contribution in [0.25, 0.3) is 22.5 Å². The van der Waals surface area contributed by atoms with Crippen molar-refractivity contribution in [1.29, 1.82) is 0 Å². The van der Waals surface area contributed by atoms with Gasteiger partial charge in [-0.1, -0.05) is 62.4 Å². The fraction of sp³-hybridized carbons (Fsp3) is 0.526. The number of benzene rings is 2. The number of aryl methyl sites for hydroxylation is 1. The number of tetrazole rings is 1. The fourth-order valence-corrected chi connectivity index (χ4v) is 5.46. The molecule has 2 aromatic carbocycles. The Hall–Kier alpha value is -5.58. The van der Waals surface area contributed by atoms with Crippen molar-refractivity contribution in [3.8, 4) is 22.5 Å². The molecule has 0 saturated heterocycles. The first-order chi connectivity index (χ1) is 26.0. The van der Waals surface area contributed by atoms with E-state index in [0.717, 1.165) is 28.7 Å². The molecule has 0 spiro atoms. The molecule has 2 aromatic heterocycles. The summed E-state index contributed by atoms with van der Waals surface area (Å²) in [6.07, 6.45) is 0.0961. The van der Waals surface area contributed by atoms with Crippen LogP contribution in [-0.4, -0.2) is 94.7 Å². The first kappa shape index (κ1) is 42.2. The van der Waals surface area contributed by atoms with Crippen LogP contribution < -0.4 is 0 Å². The van der Waals surface area contributed by atoms with Crippen molar-refractivity contribution < 1.29 is 43.9 Å². The fourth-order valence-electron chi connectivity index (χ4n) is 5.46. The van der Waals surface area contributed by atoms with E-state index in [4.69, 9.17) is 24.0 Å². The summed E-state index contributed by atoms with van der Waals surface area (Å²) in [5, 5.41) is 40.5. The number of hydrogen-bond donors (Lipinski definition) is 3. The van der Waals surface area contributed by atoms with E-state index in [1.54, 1.807) is 25.5 Å². The van der Waals surface area contributed by atoms with Crippen molar-refractivity contribution in [2.24, 2.45) is 11.2 Å². The molecule has 0 aliphatic heterocycles. The van der Waals surface area contributed by atoms with E-state index in [9.17, 15) is 19.9 Å². The molecular formula is C38H54N9O8+. The first-order valence-electron chi connectivity index (χ1n) is 18.3. The molecule has 298 valence electrons. The molecule has 0 radical (unpaired) electrons. The van der Waals surface area contributed by atoms with Crippen LogP contribution in [0, 0.1) is 5.92 Å². The van der Waals surface area contributed by atoms with Crippen LogP contribution >= 0.6 is 0 Å². The number of ether oxygens (including phenoxy) is 3. The summed E-state index contributed by atoms with van der Waals surface area (Å²) >= 11 is 0. The molecular weight excluding hydrogens is 710 g/mol. The van der Waals surface area contributed by atoms with Crippen LogP contribution in [0.15, 0.2) is 53.8 Å². The molecule has 2 unspecified atom stereocenters. The number of aromatic nitrogens is 6. The number of rotatable bonds is 18. The lowest BCUT2D eigenvalue weighted by Crippen LogP contribution is -2.43. The molecule has 2 heterocycles. The zero-order valence-electron chi connectivity index (χ0n) is 33.1. The molecule has 17 nitrogen and oxygen atoms in total. The summed E-state index contributed by atoms with van der Waals surface area (Å²) in [5.41, 5.74) is 1.99. The summed E-state index contributed by atoms with van der Waals surface area (Å²) in [7, 11) is 1.68. The number of aliphatic hydroxyl groups is 1. The third kappa shape index (κ3) is 11.7. The highest BCUT2D eigenvalue weighted by Crippen LogP contribution is 2.31. The van der Waals surface area contributed by atoms with Gasteiger partial charge in [-0.3, -0.25) is 0 Å². The molecule has 2 atom stereocenters. The van der Waals surface area contributed by atoms with Crippen LogP contribution in [0.3, 0.4) is 0 Å². The van der Waals surface area contributed by atoms with E-state index in [-0.39, 0.29) is 42.6 Å². The minimum Gasteiger partial charge on any atom is -0.434 e. The maximum absolute atomic E-state index is 13.8. The number of carbonyl (C=O) groups is 2. The third-order valence-electron chi connectivity index (χ3n) is 8.86. The molecule has 4 rings (SSSR count). The predicted octanol–water partition coefficient (Wildman–Crippen LogP) is 6.46. The standard InChI is InChI=1S/C38H54N9O8/c1-10-13-31-39-33(38(7,8)50)32(46(31)24-27-16-18-28(19-17-27)29-14-11-12-15-30(29)34-40-42-43-41-34)35(48)54-26(3)55-36(49)52-22-20-25(2)21-23-53-44-47(51)45(9)37(4,5)6/h11-12,14-19,25-26,50H,10,13,20-24H2,1-9H3,(H,44,51)(H,40,41,42,43)/q+1. The number of carbonyl (C=O) groups excluding carboxylic acids is 2. The monoisotopic (exact) mass is 764 g/mol. The minimum atomic E-state index is -1.48. The Labute approximate surface area is 321 Å². The number of esters is 1. The molecule has 3 N–H and O–H groups in total. The first-order valence-corrected chi connectivity index (χ1v) is 18.3. The average molecular weight is 765 g/mol. The van der Waals surface area contributed by atoms with Crippen LogP contribution in [0.4, 0.5) is 4.79 Å². The summed E-state index contributed by atoms with van der Waals surface area (Å²) in [6.45, 7) is 14.8.